The Hall–Kier alpha value is -1.81. The zero-order valence-electron chi connectivity index (χ0n) is 9.13. The number of rotatable bonds is 1. The number of hydrogen-bond donors (Lipinski definition) is 1. The first-order valence-corrected chi connectivity index (χ1v) is 6.33. The van der Waals surface area contributed by atoms with E-state index in [1.54, 1.807) is 0 Å². The number of nitrogens with two attached hydrogens (primary N) is 1. The van der Waals surface area contributed by atoms with Crippen LogP contribution in [-0.4, -0.2) is 16.6 Å². The fourth-order valence-electron chi connectivity index (χ4n) is 1.82. The standard InChI is InChI=1S/C13H11N3S/c14-13-16-15-12(8-17-13)11-6-5-9-3-1-2-4-10(9)7-11/h1-7H,8H2,(H2,14,16). The molecule has 1 aliphatic rings. The van der Waals surface area contributed by atoms with Gasteiger partial charge in [0.05, 0.1) is 5.71 Å². The smallest absolute Gasteiger partial charge is 0.180 e. The van der Waals surface area contributed by atoms with E-state index in [0.717, 1.165) is 17.0 Å². The second-order valence-electron chi connectivity index (χ2n) is 3.84. The van der Waals surface area contributed by atoms with Crippen LogP contribution in [0.5, 0.6) is 0 Å². The maximum atomic E-state index is 5.57. The third-order valence-electron chi connectivity index (χ3n) is 2.71. The van der Waals surface area contributed by atoms with Gasteiger partial charge in [0, 0.05) is 5.75 Å². The topological polar surface area (TPSA) is 50.7 Å². The Labute approximate surface area is 103 Å². The predicted molar refractivity (Wildman–Crippen MR) is 74.6 cm³/mol. The molecule has 2 aromatic carbocycles. The maximum absolute atomic E-state index is 5.57. The number of amidine groups is 1. The van der Waals surface area contributed by atoms with Crippen molar-refractivity contribution in [3.63, 3.8) is 0 Å². The first-order chi connectivity index (χ1) is 8.33. The Kier molecular flexibility index (Phi) is 2.57. The molecule has 0 unspecified atom stereocenters. The molecule has 0 radical (unpaired) electrons. The van der Waals surface area contributed by atoms with Crippen LogP contribution in [0.4, 0.5) is 0 Å². The highest BCUT2D eigenvalue weighted by Crippen LogP contribution is 2.19. The first-order valence-electron chi connectivity index (χ1n) is 5.35. The largest absolute Gasteiger partial charge is 0.377 e. The molecule has 0 saturated heterocycles. The molecule has 0 spiro atoms. The molecule has 0 fully saturated rings. The average molecular weight is 241 g/mol. The number of hydrogen-bond acceptors (Lipinski definition) is 4. The molecule has 0 bridgehead atoms. The third-order valence-corrected chi connectivity index (χ3v) is 3.50. The minimum absolute atomic E-state index is 0.537. The molecule has 17 heavy (non-hydrogen) atoms. The SMILES string of the molecule is NC1=NN=C(c2ccc3ccccc3c2)CS1. The van der Waals surface area contributed by atoms with Crippen molar-refractivity contribution < 1.29 is 0 Å². The monoisotopic (exact) mass is 241 g/mol. The van der Waals surface area contributed by atoms with Gasteiger partial charge in [-0.2, -0.15) is 5.10 Å². The highest BCUT2D eigenvalue weighted by atomic mass is 32.2. The van der Waals surface area contributed by atoms with E-state index in [-0.39, 0.29) is 0 Å². The van der Waals surface area contributed by atoms with Gasteiger partial charge in [0.15, 0.2) is 5.17 Å². The lowest BCUT2D eigenvalue weighted by Crippen LogP contribution is -2.16. The van der Waals surface area contributed by atoms with Crippen LogP contribution in [0.15, 0.2) is 52.7 Å². The van der Waals surface area contributed by atoms with Gasteiger partial charge < -0.3 is 5.73 Å². The van der Waals surface area contributed by atoms with Crippen LogP contribution in [0.1, 0.15) is 5.56 Å². The van der Waals surface area contributed by atoms with Crippen molar-refractivity contribution in [2.75, 3.05) is 5.75 Å². The summed E-state index contributed by atoms with van der Waals surface area (Å²) in [6, 6.07) is 14.6. The van der Waals surface area contributed by atoms with Gasteiger partial charge in [-0.05, 0) is 22.4 Å². The van der Waals surface area contributed by atoms with Gasteiger partial charge >= 0.3 is 0 Å². The summed E-state index contributed by atoms with van der Waals surface area (Å²) in [4.78, 5) is 0. The highest BCUT2D eigenvalue weighted by Gasteiger charge is 2.10. The van der Waals surface area contributed by atoms with Crippen LogP contribution in [-0.2, 0) is 0 Å². The Morgan fingerprint density at radius 3 is 2.59 bits per heavy atom. The second kappa shape index (κ2) is 4.22. The summed E-state index contributed by atoms with van der Waals surface area (Å²) < 4.78 is 0. The summed E-state index contributed by atoms with van der Waals surface area (Å²) in [5, 5.41) is 11.1. The normalized spacial score (nSPS) is 15.5. The van der Waals surface area contributed by atoms with Gasteiger partial charge in [0.1, 0.15) is 0 Å². The molecule has 0 atom stereocenters. The average Bonchev–Trinajstić information content (AvgIpc) is 2.39. The van der Waals surface area contributed by atoms with Gasteiger partial charge in [-0.25, -0.2) is 0 Å². The fourth-order valence-corrected chi connectivity index (χ4v) is 2.43. The van der Waals surface area contributed by atoms with E-state index in [4.69, 9.17) is 5.73 Å². The molecule has 0 amide bonds. The van der Waals surface area contributed by atoms with Gasteiger partial charge in [-0.3, -0.25) is 0 Å². The minimum atomic E-state index is 0.537. The summed E-state index contributed by atoms with van der Waals surface area (Å²) in [5.74, 6) is 0.785. The molecular weight excluding hydrogens is 230 g/mol. The van der Waals surface area contributed by atoms with Crippen molar-refractivity contribution >= 4 is 33.4 Å². The summed E-state index contributed by atoms with van der Waals surface area (Å²) >= 11 is 1.52. The summed E-state index contributed by atoms with van der Waals surface area (Å²) in [5.41, 5.74) is 7.67. The van der Waals surface area contributed by atoms with Gasteiger partial charge in [0.25, 0.3) is 0 Å². The predicted octanol–water partition coefficient (Wildman–Crippen LogP) is 2.61. The van der Waals surface area contributed by atoms with Crippen LogP contribution in [0.3, 0.4) is 0 Å². The zero-order valence-corrected chi connectivity index (χ0v) is 9.95. The summed E-state index contributed by atoms with van der Waals surface area (Å²) in [6.07, 6.45) is 0. The number of thioether (sulfide) groups is 1. The van der Waals surface area contributed by atoms with Crippen LogP contribution in [0, 0.1) is 0 Å². The Morgan fingerprint density at radius 2 is 1.82 bits per heavy atom. The van der Waals surface area contributed by atoms with E-state index in [0.29, 0.717) is 5.17 Å². The molecule has 3 rings (SSSR count). The highest BCUT2D eigenvalue weighted by molar-refractivity contribution is 8.14. The van der Waals surface area contributed by atoms with E-state index in [1.807, 2.05) is 12.1 Å². The van der Waals surface area contributed by atoms with Gasteiger partial charge in [-0.1, -0.05) is 48.2 Å². The summed E-state index contributed by atoms with van der Waals surface area (Å²) in [6.45, 7) is 0. The second-order valence-corrected chi connectivity index (χ2v) is 4.83. The number of benzene rings is 2. The molecule has 1 aliphatic heterocycles. The lowest BCUT2D eigenvalue weighted by Gasteiger charge is -2.09. The van der Waals surface area contributed by atoms with Crippen LogP contribution in [0.2, 0.25) is 0 Å². The molecule has 2 N–H and O–H groups in total. The third kappa shape index (κ3) is 2.03. The van der Waals surface area contributed by atoms with Crippen molar-refractivity contribution in [3.8, 4) is 0 Å². The molecule has 0 aromatic heterocycles. The molecule has 4 heteroatoms. The molecule has 0 saturated carbocycles. The van der Waals surface area contributed by atoms with Gasteiger partial charge in [-0.15, -0.1) is 5.10 Å². The molecule has 0 aliphatic carbocycles. The quantitative estimate of drug-likeness (QED) is 0.834. The number of nitrogens with zero attached hydrogens (tertiary/aromatic N) is 2. The van der Waals surface area contributed by atoms with Crippen molar-refractivity contribution in [1.29, 1.82) is 0 Å². The lowest BCUT2D eigenvalue weighted by molar-refractivity contribution is 1.22. The van der Waals surface area contributed by atoms with Crippen LogP contribution >= 0.6 is 11.8 Å². The Balaban J connectivity index is 2.07. The number of fused-ring (bicyclic) bond motifs is 1. The Bertz CT molecular complexity index is 631. The van der Waals surface area contributed by atoms with E-state index in [9.17, 15) is 0 Å². The Morgan fingerprint density at radius 1 is 1.00 bits per heavy atom. The molecule has 3 nitrogen and oxygen atoms in total. The maximum Gasteiger partial charge on any atom is 0.180 e. The fraction of sp³-hybridized carbons (Fsp3) is 0.0769. The zero-order chi connectivity index (χ0) is 11.7. The van der Waals surface area contributed by atoms with Crippen molar-refractivity contribution in [3.05, 3.63) is 48.0 Å². The molecule has 84 valence electrons. The van der Waals surface area contributed by atoms with Gasteiger partial charge in [0.2, 0.25) is 0 Å². The molecule has 2 aromatic rings. The van der Waals surface area contributed by atoms with Crippen molar-refractivity contribution in [2.24, 2.45) is 15.9 Å². The molecule has 1 heterocycles. The lowest BCUT2D eigenvalue weighted by atomic mass is 10.0. The van der Waals surface area contributed by atoms with Crippen molar-refractivity contribution in [2.45, 2.75) is 0 Å². The van der Waals surface area contributed by atoms with E-state index in [2.05, 4.69) is 40.5 Å². The molecular formula is C13H11N3S. The van der Waals surface area contributed by atoms with Crippen molar-refractivity contribution in [1.82, 2.24) is 0 Å². The van der Waals surface area contributed by atoms with E-state index < -0.39 is 0 Å². The summed E-state index contributed by atoms with van der Waals surface area (Å²) in [7, 11) is 0. The van der Waals surface area contributed by atoms with Crippen LogP contribution in [0.25, 0.3) is 10.8 Å². The van der Waals surface area contributed by atoms with E-state index in [1.165, 1.54) is 22.5 Å². The minimum Gasteiger partial charge on any atom is -0.377 e. The van der Waals surface area contributed by atoms with Crippen LogP contribution < -0.4 is 5.73 Å². The van der Waals surface area contributed by atoms with E-state index >= 15 is 0 Å². The first kappa shape index (κ1) is 10.4.